The summed E-state index contributed by atoms with van der Waals surface area (Å²) in [6, 6.07) is 12.1. The lowest BCUT2D eigenvalue weighted by Gasteiger charge is -2.11. The van der Waals surface area contributed by atoms with Crippen molar-refractivity contribution < 1.29 is 37.3 Å². The number of carboxylic acid groups (broad SMARTS) is 1. The highest BCUT2D eigenvalue weighted by molar-refractivity contribution is 8.15. The van der Waals surface area contributed by atoms with Gasteiger partial charge < -0.3 is 19.9 Å². The number of aliphatic carboxylic acids is 1. The van der Waals surface area contributed by atoms with Crippen molar-refractivity contribution in [2.45, 2.75) is 24.6 Å². The first kappa shape index (κ1) is 23.1. The number of carboxylic acids is 1. The molecule has 0 aromatic heterocycles. The van der Waals surface area contributed by atoms with Crippen molar-refractivity contribution >= 4 is 35.0 Å². The summed E-state index contributed by atoms with van der Waals surface area (Å²) < 4.78 is 46.1. The van der Waals surface area contributed by atoms with E-state index in [9.17, 15) is 22.8 Å². The first-order valence-corrected chi connectivity index (χ1v) is 9.94. The van der Waals surface area contributed by atoms with Gasteiger partial charge in [0.1, 0.15) is 23.4 Å². The maximum Gasteiger partial charge on any atom is 0.573 e. The zero-order valence-corrected chi connectivity index (χ0v) is 17.0. The molecule has 168 valence electrons. The molecule has 2 aromatic rings. The lowest BCUT2D eigenvalue weighted by Crippen LogP contribution is -2.26. The average molecular weight is 467 g/mol. The Kier molecular flexibility index (Phi) is 7.36. The smallest absolute Gasteiger partial charge is 0.489 e. The second kappa shape index (κ2) is 10.2. The Morgan fingerprint density at radius 1 is 1.16 bits per heavy atom. The van der Waals surface area contributed by atoms with E-state index in [1.165, 1.54) is 18.3 Å². The number of amidine groups is 1. The van der Waals surface area contributed by atoms with Crippen LogP contribution in [-0.4, -0.2) is 40.0 Å². The summed E-state index contributed by atoms with van der Waals surface area (Å²) in [6.45, 7) is 0.115. The molecule has 12 heteroatoms. The van der Waals surface area contributed by atoms with E-state index in [0.29, 0.717) is 11.3 Å². The summed E-state index contributed by atoms with van der Waals surface area (Å²) in [5.74, 6) is -1.52. The summed E-state index contributed by atoms with van der Waals surface area (Å²) in [5, 5.41) is 18.5. The third-order valence-corrected chi connectivity index (χ3v) is 5.06. The first-order chi connectivity index (χ1) is 15.2. The van der Waals surface area contributed by atoms with Gasteiger partial charge in [-0.15, -0.1) is 18.3 Å². The number of thioether (sulfide) groups is 1. The van der Waals surface area contributed by atoms with Crippen molar-refractivity contribution in [2.24, 2.45) is 10.2 Å². The highest BCUT2D eigenvalue weighted by Gasteiger charge is 2.32. The molecule has 0 spiro atoms. The Hall–Kier alpha value is -3.54. The molecule has 1 saturated heterocycles. The number of halogens is 3. The van der Waals surface area contributed by atoms with E-state index in [-0.39, 0.29) is 23.9 Å². The summed E-state index contributed by atoms with van der Waals surface area (Å²) >= 11 is 0.988. The van der Waals surface area contributed by atoms with E-state index in [4.69, 9.17) is 9.84 Å². The van der Waals surface area contributed by atoms with Gasteiger partial charge in [-0.3, -0.25) is 9.59 Å². The van der Waals surface area contributed by atoms with Crippen molar-refractivity contribution in [3.63, 3.8) is 0 Å². The Morgan fingerprint density at radius 3 is 2.53 bits per heavy atom. The minimum Gasteiger partial charge on any atom is -0.489 e. The molecule has 1 amide bonds. The number of carbonyl (C=O) groups is 2. The van der Waals surface area contributed by atoms with Gasteiger partial charge in [-0.2, -0.15) is 5.10 Å². The van der Waals surface area contributed by atoms with Crippen LogP contribution in [0.5, 0.6) is 11.5 Å². The summed E-state index contributed by atoms with van der Waals surface area (Å²) in [4.78, 5) is 22.5. The minimum atomic E-state index is -4.76. The predicted octanol–water partition coefficient (Wildman–Crippen LogP) is 3.56. The van der Waals surface area contributed by atoms with Crippen LogP contribution in [0.3, 0.4) is 0 Å². The fraction of sp³-hybridized carbons (Fsp3) is 0.200. The normalized spacial score (nSPS) is 17.5. The van der Waals surface area contributed by atoms with E-state index in [1.54, 1.807) is 24.3 Å². The number of nitrogens with zero attached hydrogens (tertiary/aromatic N) is 2. The Labute approximate surface area is 184 Å². The van der Waals surface area contributed by atoms with Crippen LogP contribution >= 0.6 is 11.8 Å². The van der Waals surface area contributed by atoms with E-state index >= 15 is 0 Å². The highest BCUT2D eigenvalue weighted by atomic mass is 32.2. The van der Waals surface area contributed by atoms with Gasteiger partial charge in [-0.05, 0) is 29.8 Å². The quantitative estimate of drug-likeness (QED) is 0.454. The van der Waals surface area contributed by atoms with Crippen LogP contribution in [0, 0.1) is 0 Å². The van der Waals surface area contributed by atoms with Crippen LogP contribution < -0.4 is 14.8 Å². The number of hydrogen-bond donors (Lipinski definition) is 2. The van der Waals surface area contributed by atoms with Gasteiger partial charge >= 0.3 is 12.3 Å². The van der Waals surface area contributed by atoms with Gasteiger partial charge in [0.05, 0.1) is 12.6 Å². The molecule has 0 radical (unpaired) electrons. The maximum atomic E-state index is 12.2. The standard InChI is InChI=1S/C20H16F3N3O5S/c21-20(22,23)31-15-7-5-14(6-8-15)30-11-13-4-2-1-3-12(13)10-24-26-19-25-18(29)16(32-19)9-17(27)28/h1-8,10,16H,9,11H2,(H,27,28)(H,25,26,29). The molecule has 1 heterocycles. The Bertz CT molecular complexity index is 1040. The molecule has 8 nitrogen and oxygen atoms in total. The monoisotopic (exact) mass is 467 g/mol. The Balaban J connectivity index is 1.60. The van der Waals surface area contributed by atoms with Crippen molar-refractivity contribution in [3.05, 3.63) is 59.7 Å². The topological polar surface area (TPSA) is 110 Å². The van der Waals surface area contributed by atoms with Crippen LogP contribution in [0.2, 0.25) is 0 Å². The molecule has 2 N–H and O–H groups in total. The number of nitrogens with one attached hydrogen (secondary N) is 1. The van der Waals surface area contributed by atoms with Gasteiger partial charge in [-0.25, -0.2) is 0 Å². The van der Waals surface area contributed by atoms with Crippen molar-refractivity contribution in [1.29, 1.82) is 0 Å². The summed E-state index contributed by atoms with van der Waals surface area (Å²) in [6.07, 6.45) is -3.63. The number of amides is 1. The molecule has 32 heavy (non-hydrogen) atoms. The van der Waals surface area contributed by atoms with E-state index < -0.39 is 23.5 Å². The van der Waals surface area contributed by atoms with Crippen molar-refractivity contribution in [3.8, 4) is 11.5 Å². The van der Waals surface area contributed by atoms with Crippen LogP contribution in [0.4, 0.5) is 13.2 Å². The Morgan fingerprint density at radius 2 is 1.84 bits per heavy atom. The van der Waals surface area contributed by atoms with Crippen molar-refractivity contribution in [1.82, 2.24) is 5.32 Å². The molecule has 0 saturated carbocycles. The molecule has 1 aliphatic heterocycles. The minimum absolute atomic E-state index is 0.115. The molecule has 1 unspecified atom stereocenters. The number of carbonyl (C=O) groups excluding carboxylic acids is 1. The fourth-order valence-electron chi connectivity index (χ4n) is 2.58. The predicted molar refractivity (Wildman–Crippen MR) is 111 cm³/mol. The largest absolute Gasteiger partial charge is 0.573 e. The molecule has 1 fully saturated rings. The molecular formula is C20H16F3N3O5S. The maximum absolute atomic E-state index is 12.2. The number of alkyl halides is 3. The van der Waals surface area contributed by atoms with Gasteiger partial charge in [0.25, 0.3) is 0 Å². The van der Waals surface area contributed by atoms with Crippen molar-refractivity contribution in [2.75, 3.05) is 0 Å². The van der Waals surface area contributed by atoms with Crippen LogP contribution in [0.1, 0.15) is 17.5 Å². The second-order valence-electron chi connectivity index (χ2n) is 6.35. The molecule has 1 aliphatic rings. The summed E-state index contributed by atoms with van der Waals surface area (Å²) in [5.41, 5.74) is 1.41. The van der Waals surface area contributed by atoms with Crippen LogP contribution in [0.15, 0.2) is 58.7 Å². The molecular weight excluding hydrogens is 451 g/mol. The van der Waals surface area contributed by atoms with Crippen LogP contribution in [-0.2, 0) is 16.2 Å². The lowest BCUT2D eigenvalue weighted by atomic mass is 10.1. The molecule has 0 aliphatic carbocycles. The molecule has 3 rings (SSSR count). The van der Waals surface area contributed by atoms with E-state index in [2.05, 4.69) is 20.3 Å². The zero-order chi connectivity index (χ0) is 23.1. The lowest BCUT2D eigenvalue weighted by molar-refractivity contribution is -0.274. The zero-order valence-electron chi connectivity index (χ0n) is 16.2. The third kappa shape index (κ3) is 7.01. The second-order valence-corrected chi connectivity index (χ2v) is 7.54. The van der Waals surface area contributed by atoms with Gasteiger partial charge in [0.2, 0.25) is 5.91 Å². The molecule has 0 bridgehead atoms. The SMILES string of the molecule is O=C(O)CC1SC(=NN=Cc2ccccc2COc2ccc(OC(F)(F)F)cc2)NC1=O. The fourth-order valence-corrected chi connectivity index (χ4v) is 3.49. The van der Waals surface area contributed by atoms with Gasteiger partial charge in [-0.1, -0.05) is 36.0 Å². The number of ether oxygens (including phenoxy) is 2. The highest BCUT2D eigenvalue weighted by Crippen LogP contribution is 2.25. The number of rotatable bonds is 8. The summed E-state index contributed by atoms with van der Waals surface area (Å²) in [7, 11) is 0. The van der Waals surface area contributed by atoms with Gasteiger partial charge in [0, 0.05) is 5.56 Å². The average Bonchev–Trinajstić information content (AvgIpc) is 3.05. The third-order valence-electron chi connectivity index (χ3n) is 3.99. The molecule has 1 atom stereocenters. The van der Waals surface area contributed by atoms with E-state index in [0.717, 1.165) is 29.5 Å². The molecule has 2 aromatic carbocycles. The first-order valence-electron chi connectivity index (χ1n) is 9.06. The van der Waals surface area contributed by atoms with Gasteiger partial charge in [0.15, 0.2) is 5.17 Å². The van der Waals surface area contributed by atoms with E-state index in [1.807, 2.05) is 0 Å². The number of hydrogen-bond acceptors (Lipinski definition) is 7. The number of benzene rings is 2. The van der Waals surface area contributed by atoms with Crippen LogP contribution in [0.25, 0.3) is 0 Å².